The fraction of sp³-hybridized carbons (Fsp3) is 0.368. The molecule has 132 valence electrons. The van der Waals surface area contributed by atoms with Crippen molar-refractivity contribution in [2.75, 3.05) is 25.7 Å². The number of carbonyl (C=O) groups excluding carboxylic acids is 1. The number of benzene rings is 1. The van der Waals surface area contributed by atoms with Gasteiger partial charge in [-0.05, 0) is 25.5 Å². The number of hydrogen-bond donors (Lipinski definition) is 1. The first-order valence-corrected chi connectivity index (χ1v) is 8.34. The van der Waals surface area contributed by atoms with Crippen molar-refractivity contribution in [2.45, 2.75) is 25.4 Å². The molecule has 2 aromatic rings. The molecular weight excluding hydrogens is 318 g/mol. The van der Waals surface area contributed by atoms with Crippen LogP contribution in [0.2, 0.25) is 0 Å². The molecule has 0 spiro atoms. The second-order valence-electron chi connectivity index (χ2n) is 6.04. The summed E-state index contributed by atoms with van der Waals surface area (Å²) in [6, 6.07) is 11.1. The Labute approximate surface area is 147 Å². The second-order valence-corrected chi connectivity index (χ2v) is 6.04. The molecule has 1 amide bonds. The zero-order chi connectivity index (χ0) is 17.8. The number of nitrogens with zero attached hydrogens (tertiary/aromatic N) is 2. The van der Waals surface area contributed by atoms with E-state index in [1.54, 1.807) is 31.4 Å². The van der Waals surface area contributed by atoms with Gasteiger partial charge in [-0.1, -0.05) is 6.07 Å². The van der Waals surface area contributed by atoms with Crippen molar-refractivity contribution in [1.29, 1.82) is 0 Å². The molecule has 0 saturated carbocycles. The van der Waals surface area contributed by atoms with Crippen LogP contribution in [0, 0.1) is 0 Å². The largest absolute Gasteiger partial charge is 0.497 e. The van der Waals surface area contributed by atoms with Gasteiger partial charge in [0, 0.05) is 37.0 Å². The zero-order valence-electron chi connectivity index (χ0n) is 14.7. The monoisotopic (exact) mass is 341 g/mol. The maximum absolute atomic E-state index is 12.8. The van der Waals surface area contributed by atoms with E-state index in [9.17, 15) is 4.79 Å². The molecule has 0 unspecified atom stereocenters. The van der Waals surface area contributed by atoms with Crippen LogP contribution in [0.4, 0.5) is 5.69 Å². The number of aromatic nitrogens is 1. The topological polar surface area (TPSA) is 63.7 Å². The molecule has 1 fully saturated rings. The third-order valence-corrected chi connectivity index (χ3v) is 4.44. The Morgan fingerprint density at radius 1 is 1.20 bits per heavy atom. The smallest absolute Gasteiger partial charge is 0.244 e. The van der Waals surface area contributed by atoms with E-state index in [1.807, 2.05) is 37.3 Å². The van der Waals surface area contributed by atoms with Gasteiger partial charge in [0.2, 0.25) is 5.91 Å². The third-order valence-electron chi connectivity index (χ3n) is 4.44. The van der Waals surface area contributed by atoms with Gasteiger partial charge in [-0.2, -0.15) is 0 Å². The molecule has 3 rings (SSSR count). The Kier molecular flexibility index (Phi) is 5.19. The van der Waals surface area contributed by atoms with Crippen LogP contribution in [-0.4, -0.2) is 37.7 Å². The lowest BCUT2D eigenvalue weighted by Crippen LogP contribution is -2.39. The summed E-state index contributed by atoms with van der Waals surface area (Å²) in [5.41, 5.74) is 1.72. The van der Waals surface area contributed by atoms with Crippen LogP contribution >= 0.6 is 0 Å². The predicted octanol–water partition coefficient (Wildman–Crippen LogP) is 2.55. The van der Waals surface area contributed by atoms with Crippen LogP contribution in [0.3, 0.4) is 0 Å². The van der Waals surface area contributed by atoms with E-state index in [0.717, 1.165) is 17.8 Å². The maximum atomic E-state index is 12.8. The van der Waals surface area contributed by atoms with E-state index in [0.29, 0.717) is 18.0 Å². The third kappa shape index (κ3) is 3.74. The van der Waals surface area contributed by atoms with Crippen LogP contribution in [0.5, 0.6) is 11.5 Å². The lowest BCUT2D eigenvalue weighted by molar-refractivity contribution is -0.119. The number of nitrogens with one attached hydrogen (secondary N) is 1. The molecule has 6 nitrogen and oxygen atoms in total. The van der Waals surface area contributed by atoms with Gasteiger partial charge in [0.25, 0.3) is 0 Å². The molecule has 1 aromatic heterocycles. The Hall–Kier alpha value is -2.60. The first-order chi connectivity index (χ1) is 12.1. The molecule has 2 heterocycles. The van der Waals surface area contributed by atoms with Crippen molar-refractivity contribution in [2.24, 2.45) is 0 Å². The zero-order valence-corrected chi connectivity index (χ0v) is 14.7. The van der Waals surface area contributed by atoms with E-state index < -0.39 is 0 Å². The number of pyridine rings is 1. The summed E-state index contributed by atoms with van der Waals surface area (Å²) >= 11 is 0. The van der Waals surface area contributed by atoms with Gasteiger partial charge >= 0.3 is 0 Å². The molecule has 6 heteroatoms. The lowest BCUT2D eigenvalue weighted by atomic mass is 10.1. The van der Waals surface area contributed by atoms with E-state index >= 15 is 0 Å². The van der Waals surface area contributed by atoms with Gasteiger partial charge in [0.05, 0.1) is 31.6 Å². The first-order valence-electron chi connectivity index (χ1n) is 8.34. The van der Waals surface area contributed by atoms with Crippen molar-refractivity contribution in [3.05, 3.63) is 48.3 Å². The van der Waals surface area contributed by atoms with Crippen molar-refractivity contribution in [3.8, 4) is 11.5 Å². The molecular formula is C19H23N3O3. The normalized spacial score (nSPS) is 18.3. The average Bonchev–Trinajstić information content (AvgIpc) is 3.02. The van der Waals surface area contributed by atoms with Crippen molar-refractivity contribution >= 4 is 11.6 Å². The molecule has 25 heavy (non-hydrogen) atoms. The van der Waals surface area contributed by atoms with E-state index in [2.05, 4.69) is 10.3 Å². The minimum Gasteiger partial charge on any atom is -0.497 e. The maximum Gasteiger partial charge on any atom is 0.244 e. The molecule has 1 N–H and O–H groups in total. The Morgan fingerprint density at radius 3 is 2.52 bits per heavy atom. The molecule has 1 aliphatic rings. The number of rotatable bonds is 6. The quantitative estimate of drug-likeness (QED) is 0.875. The van der Waals surface area contributed by atoms with E-state index in [-0.39, 0.29) is 18.0 Å². The van der Waals surface area contributed by atoms with Gasteiger partial charge in [0.1, 0.15) is 11.5 Å². The van der Waals surface area contributed by atoms with Gasteiger partial charge in [-0.25, -0.2) is 0 Å². The van der Waals surface area contributed by atoms with E-state index in [4.69, 9.17) is 9.47 Å². The highest BCUT2D eigenvalue weighted by molar-refractivity contribution is 5.99. The molecule has 2 atom stereocenters. The summed E-state index contributed by atoms with van der Waals surface area (Å²) in [7, 11) is 3.20. The van der Waals surface area contributed by atoms with Crippen LogP contribution in [-0.2, 0) is 4.79 Å². The van der Waals surface area contributed by atoms with Gasteiger partial charge in [-0.3, -0.25) is 15.1 Å². The number of methoxy groups -OCH3 is 2. The average molecular weight is 341 g/mol. The SMILES string of the molecule is COc1cc(OC)cc(N2CC[C@@H](N[C@@H](C)c3ccccn3)C2=O)c1. The summed E-state index contributed by atoms with van der Waals surface area (Å²) in [6.07, 6.45) is 2.51. The predicted molar refractivity (Wildman–Crippen MR) is 96.1 cm³/mol. The molecule has 1 aliphatic heterocycles. The summed E-state index contributed by atoms with van der Waals surface area (Å²) in [4.78, 5) is 19.0. The lowest BCUT2D eigenvalue weighted by Gasteiger charge is -2.21. The van der Waals surface area contributed by atoms with Crippen LogP contribution in [0.25, 0.3) is 0 Å². The summed E-state index contributed by atoms with van der Waals surface area (Å²) in [6.45, 7) is 2.68. The molecule has 0 radical (unpaired) electrons. The van der Waals surface area contributed by atoms with Crippen LogP contribution < -0.4 is 19.7 Å². The Morgan fingerprint density at radius 2 is 1.92 bits per heavy atom. The standard InChI is InChI=1S/C19H23N3O3/c1-13(17-6-4-5-8-20-17)21-18-7-9-22(19(18)23)14-10-15(24-2)12-16(11-14)25-3/h4-6,8,10-13,18,21H,7,9H2,1-3H3/t13-,18+/m0/s1. The van der Waals surface area contributed by atoms with E-state index in [1.165, 1.54) is 0 Å². The minimum atomic E-state index is -0.228. The van der Waals surface area contributed by atoms with Crippen LogP contribution in [0.1, 0.15) is 25.1 Å². The fourth-order valence-corrected chi connectivity index (χ4v) is 3.06. The number of hydrogen-bond acceptors (Lipinski definition) is 5. The molecule has 1 saturated heterocycles. The van der Waals surface area contributed by atoms with Crippen molar-refractivity contribution in [1.82, 2.24) is 10.3 Å². The summed E-state index contributed by atoms with van der Waals surface area (Å²) in [5.74, 6) is 1.39. The Bertz CT molecular complexity index is 714. The first kappa shape index (κ1) is 17.2. The summed E-state index contributed by atoms with van der Waals surface area (Å²) in [5, 5.41) is 3.39. The van der Waals surface area contributed by atoms with Crippen molar-refractivity contribution < 1.29 is 14.3 Å². The number of amides is 1. The number of ether oxygens (including phenoxy) is 2. The number of carbonyl (C=O) groups is 1. The Balaban J connectivity index is 1.74. The van der Waals surface area contributed by atoms with Gasteiger partial charge in [0.15, 0.2) is 0 Å². The highest BCUT2D eigenvalue weighted by Crippen LogP contribution is 2.31. The molecule has 0 bridgehead atoms. The van der Waals surface area contributed by atoms with Crippen molar-refractivity contribution in [3.63, 3.8) is 0 Å². The highest BCUT2D eigenvalue weighted by Gasteiger charge is 2.34. The molecule has 1 aromatic carbocycles. The number of anilines is 1. The summed E-state index contributed by atoms with van der Waals surface area (Å²) < 4.78 is 10.6. The molecule has 0 aliphatic carbocycles. The van der Waals surface area contributed by atoms with Gasteiger partial charge < -0.3 is 14.4 Å². The van der Waals surface area contributed by atoms with Gasteiger partial charge in [-0.15, -0.1) is 0 Å². The minimum absolute atomic E-state index is 0.00921. The highest BCUT2D eigenvalue weighted by atomic mass is 16.5. The fourth-order valence-electron chi connectivity index (χ4n) is 3.06. The second kappa shape index (κ2) is 7.53. The van der Waals surface area contributed by atoms with Crippen LogP contribution in [0.15, 0.2) is 42.6 Å².